The van der Waals surface area contributed by atoms with Crippen molar-refractivity contribution >= 4 is 5.97 Å². The zero-order valence-corrected chi connectivity index (χ0v) is 17.4. The fourth-order valence-electron chi connectivity index (χ4n) is 2.61. The first kappa shape index (κ1) is 23.5. The molecule has 0 saturated carbocycles. The predicted octanol–water partition coefficient (Wildman–Crippen LogP) is 1.63. The van der Waals surface area contributed by atoms with E-state index in [0.29, 0.717) is 18.7 Å². The van der Waals surface area contributed by atoms with Crippen LogP contribution in [0.25, 0.3) is 0 Å². The third-order valence-electron chi connectivity index (χ3n) is 4.41. The van der Waals surface area contributed by atoms with Gasteiger partial charge in [-0.2, -0.15) is 0 Å². The van der Waals surface area contributed by atoms with Crippen molar-refractivity contribution in [3.63, 3.8) is 0 Å². The second-order valence-electron chi connectivity index (χ2n) is 6.80. The largest absolute Gasteiger partial charge is 0.497 e. The molecule has 1 atom stereocenters. The van der Waals surface area contributed by atoms with E-state index in [4.69, 9.17) is 24.4 Å². The Labute approximate surface area is 175 Å². The number of carbonyl (C=O) groups excluding carboxylic acids is 1. The number of benzene rings is 1. The fraction of sp³-hybridized carbons (Fsp3) is 0.476. The summed E-state index contributed by atoms with van der Waals surface area (Å²) in [6.45, 7) is 2.30. The third kappa shape index (κ3) is 7.25. The average molecular weight is 419 g/mol. The Hall–Kier alpha value is -2.75. The van der Waals surface area contributed by atoms with Gasteiger partial charge in [-0.1, -0.05) is 23.4 Å². The van der Waals surface area contributed by atoms with E-state index in [2.05, 4.69) is 10.3 Å². The van der Waals surface area contributed by atoms with E-state index in [-0.39, 0.29) is 26.4 Å². The first-order valence-corrected chi connectivity index (χ1v) is 9.73. The number of aliphatic hydroxyl groups excluding tert-OH is 2. The lowest BCUT2D eigenvalue weighted by atomic mass is 10.1. The lowest BCUT2D eigenvalue weighted by Crippen LogP contribution is -2.38. The number of aliphatic hydroxyl groups is 2. The molecule has 0 saturated heterocycles. The van der Waals surface area contributed by atoms with Crippen LogP contribution in [0.1, 0.15) is 31.0 Å². The van der Waals surface area contributed by atoms with Crippen molar-refractivity contribution in [1.29, 1.82) is 0 Å². The smallest absolute Gasteiger partial charge is 0.342 e. The molecule has 2 N–H and O–H groups in total. The van der Waals surface area contributed by atoms with Crippen LogP contribution >= 0.6 is 0 Å². The van der Waals surface area contributed by atoms with Crippen molar-refractivity contribution < 1.29 is 29.2 Å². The Morgan fingerprint density at radius 1 is 1.23 bits per heavy atom. The van der Waals surface area contributed by atoms with Crippen molar-refractivity contribution in [2.24, 2.45) is 0 Å². The molecular weight excluding hydrogens is 390 g/mol. The van der Waals surface area contributed by atoms with Crippen molar-refractivity contribution in [2.75, 3.05) is 20.3 Å². The standard InChI is InChI=1S/C21H29N3O6/c1-21(10-5-12-25,30-16-17-6-8-19(28-2)9-7-17)20(27)29-13-4-3-11-24-14-18(15-26)22-23-24/h5-10,14,25-26H,3-4,11-13,15-16H2,1-2H3/b10-5+. The molecule has 164 valence electrons. The highest BCUT2D eigenvalue weighted by Crippen LogP contribution is 2.20. The Balaban J connectivity index is 1.82. The van der Waals surface area contributed by atoms with E-state index < -0.39 is 11.6 Å². The minimum atomic E-state index is -1.31. The molecule has 1 heterocycles. The van der Waals surface area contributed by atoms with Gasteiger partial charge in [-0.3, -0.25) is 4.68 Å². The fourth-order valence-corrected chi connectivity index (χ4v) is 2.61. The summed E-state index contributed by atoms with van der Waals surface area (Å²) in [7, 11) is 1.59. The van der Waals surface area contributed by atoms with E-state index in [1.165, 1.54) is 12.2 Å². The highest BCUT2D eigenvalue weighted by Gasteiger charge is 2.33. The molecule has 0 aliphatic rings. The third-order valence-corrected chi connectivity index (χ3v) is 4.41. The van der Waals surface area contributed by atoms with E-state index in [1.807, 2.05) is 24.3 Å². The van der Waals surface area contributed by atoms with Crippen molar-refractivity contribution in [3.8, 4) is 5.75 Å². The van der Waals surface area contributed by atoms with Crippen LogP contribution in [0.4, 0.5) is 0 Å². The number of esters is 1. The Kier molecular flexibility index (Phi) is 9.46. The van der Waals surface area contributed by atoms with Gasteiger partial charge in [0.1, 0.15) is 11.4 Å². The van der Waals surface area contributed by atoms with Gasteiger partial charge in [0, 0.05) is 6.54 Å². The Bertz CT molecular complexity index is 805. The minimum Gasteiger partial charge on any atom is -0.497 e. The monoisotopic (exact) mass is 419 g/mol. The van der Waals surface area contributed by atoms with Crippen LogP contribution in [-0.4, -0.2) is 57.1 Å². The molecule has 0 spiro atoms. The highest BCUT2D eigenvalue weighted by molar-refractivity contribution is 5.81. The summed E-state index contributed by atoms with van der Waals surface area (Å²) in [5, 5.41) is 25.8. The van der Waals surface area contributed by atoms with E-state index in [1.54, 1.807) is 24.9 Å². The van der Waals surface area contributed by atoms with Crippen molar-refractivity contribution in [3.05, 3.63) is 53.9 Å². The van der Waals surface area contributed by atoms with E-state index in [0.717, 1.165) is 17.7 Å². The highest BCUT2D eigenvalue weighted by atomic mass is 16.6. The number of ether oxygens (including phenoxy) is 3. The molecule has 0 fully saturated rings. The molecule has 0 aliphatic heterocycles. The SMILES string of the molecule is COc1ccc(COC(C)(/C=C/CO)C(=O)OCCCCn2cc(CO)nn2)cc1. The molecule has 0 bridgehead atoms. The van der Waals surface area contributed by atoms with Gasteiger partial charge in [0.05, 0.1) is 39.7 Å². The molecule has 2 rings (SSSR count). The van der Waals surface area contributed by atoms with Gasteiger partial charge in [0.2, 0.25) is 0 Å². The number of rotatable bonds is 13. The number of aryl methyl sites for hydroxylation is 1. The van der Waals surface area contributed by atoms with Crippen LogP contribution in [0.3, 0.4) is 0 Å². The van der Waals surface area contributed by atoms with Gasteiger partial charge in [-0.25, -0.2) is 4.79 Å². The second-order valence-corrected chi connectivity index (χ2v) is 6.80. The zero-order valence-electron chi connectivity index (χ0n) is 17.4. The molecular formula is C21H29N3O6. The van der Waals surface area contributed by atoms with Crippen molar-refractivity contribution in [1.82, 2.24) is 15.0 Å². The average Bonchev–Trinajstić information content (AvgIpc) is 3.24. The van der Waals surface area contributed by atoms with Crippen LogP contribution < -0.4 is 4.74 Å². The van der Waals surface area contributed by atoms with Crippen LogP contribution in [0.15, 0.2) is 42.6 Å². The van der Waals surface area contributed by atoms with Gasteiger partial charge in [-0.15, -0.1) is 5.10 Å². The topological polar surface area (TPSA) is 116 Å². The Morgan fingerprint density at radius 2 is 2.00 bits per heavy atom. The van der Waals surface area contributed by atoms with E-state index >= 15 is 0 Å². The zero-order chi connectivity index (χ0) is 21.8. The van der Waals surface area contributed by atoms with Gasteiger partial charge >= 0.3 is 5.97 Å². The van der Waals surface area contributed by atoms with Gasteiger partial charge in [0.15, 0.2) is 5.60 Å². The molecule has 0 radical (unpaired) electrons. The van der Waals surface area contributed by atoms with E-state index in [9.17, 15) is 4.79 Å². The predicted molar refractivity (Wildman–Crippen MR) is 109 cm³/mol. The molecule has 1 unspecified atom stereocenters. The summed E-state index contributed by atoms with van der Waals surface area (Å²) in [4.78, 5) is 12.6. The number of aromatic nitrogens is 3. The Morgan fingerprint density at radius 3 is 2.63 bits per heavy atom. The van der Waals surface area contributed by atoms with Gasteiger partial charge in [-0.05, 0) is 43.5 Å². The molecule has 2 aromatic rings. The summed E-state index contributed by atoms with van der Waals surface area (Å²) in [6.07, 6.45) is 6.01. The van der Waals surface area contributed by atoms with Gasteiger partial charge in [0.25, 0.3) is 0 Å². The maximum atomic E-state index is 12.6. The number of unbranched alkanes of at least 4 members (excludes halogenated alkanes) is 1. The molecule has 0 aliphatic carbocycles. The lowest BCUT2D eigenvalue weighted by molar-refractivity contribution is -0.165. The first-order chi connectivity index (χ1) is 14.5. The van der Waals surface area contributed by atoms with Crippen molar-refractivity contribution in [2.45, 2.75) is 45.1 Å². The summed E-state index contributed by atoms with van der Waals surface area (Å²) < 4.78 is 18.0. The maximum Gasteiger partial charge on any atom is 0.342 e. The molecule has 0 amide bonds. The normalized spacial score (nSPS) is 13.3. The molecule has 1 aromatic carbocycles. The summed E-state index contributed by atoms with van der Waals surface area (Å²) in [6, 6.07) is 7.34. The molecule has 9 heteroatoms. The number of hydrogen-bond acceptors (Lipinski definition) is 8. The number of hydrogen-bond donors (Lipinski definition) is 2. The summed E-state index contributed by atoms with van der Waals surface area (Å²) >= 11 is 0. The lowest BCUT2D eigenvalue weighted by Gasteiger charge is -2.24. The maximum absolute atomic E-state index is 12.6. The van der Waals surface area contributed by atoms with Crippen LogP contribution in [-0.2, 0) is 34.0 Å². The first-order valence-electron chi connectivity index (χ1n) is 9.73. The number of methoxy groups -OCH3 is 1. The second kappa shape index (κ2) is 12.1. The van der Waals surface area contributed by atoms with Crippen LogP contribution in [0.2, 0.25) is 0 Å². The number of carbonyl (C=O) groups is 1. The summed E-state index contributed by atoms with van der Waals surface area (Å²) in [5.74, 6) is 0.212. The molecule has 1 aromatic heterocycles. The van der Waals surface area contributed by atoms with Gasteiger partial charge < -0.3 is 24.4 Å². The molecule has 30 heavy (non-hydrogen) atoms. The number of nitrogens with zero attached hydrogens (tertiary/aromatic N) is 3. The van der Waals surface area contributed by atoms with Crippen LogP contribution in [0.5, 0.6) is 5.75 Å². The van der Waals surface area contributed by atoms with Crippen LogP contribution in [0, 0.1) is 0 Å². The summed E-state index contributed by atoms with van der Waals surface area (Å²) in [5.41, 5.74) is 0.0779. The quantitative estimate of drug-likeness (QED) is 0.286. The minimum absolute atomic E-state index is 0.145. The molecule has 9 nitrogen and oxygen atoms in total.